The summed E-state index contributed by atoms with van der Waals surface area (Å²) >= 11 is 0. The fourth-order valence-corrected chi connectivity index (χ4v) is 6.44. The predicted octanol–water partition coefficient (Wildman–Crippen LogP) is 4.86. The third-order valence-electron chi connectivity index (χ3n) is 8.29. The van der Waals surface area contributed by atoms with Gasteiger partial charge in [0.15, 0.2) is 0 Å². The number of carbonyl (C=O) groups excluding carboxylic acids is 2. The Kier molecular flexibility index (Phi) is 7.61. The van der Waals surface area contributed by atoms with Gasteiger partial charge in [0.2, 0.25) is 5.91 Å². The van der Waals surface area contributed by atoms with E-state index < -0.39 is 5.92 Å². The molecule has 36 heavy (non-hydrogen) atoms. The quantitative estimate of drug-likeness (QED) is 0.581. The molecule has 6 nitrogen and oxygen atoms in total. The molecule has 0 N–H and O–H groups in total. The summed E-state index contributed by atoms with van der Waals surface area (Å²) in [5.41, 5.74) is 2.57. The maximum Gasteiger partial charge on any atom is 0.254 e. The Hall–Kier alpha value is -2.86. The van der Waals surface area contributed by atoms with Crippen LogP contribution in [0.2, 0.25) is 0 Å². The van der Waals surface area contributed by atoms with Gasteiger partial charge < -0.3 is 14.5 Å². The standard InChI is InChI=1S/C30H39N3O3/c1-3-17-31-18-20-32(21-19-31)30(35)27-25-11-7-8-12-26(25)29(34)33(23-9-5-4-6-10-23)28(27)22-13-15-24(36-2)16-14-22/h7-8,11-16,23,27-28H,3-6,9-10,17-21H2,1-2H3/t27-,28-/m1/s1. The largest absolute Gasteiger partial charge is 0.497 e. The molecule has 2 aromatic rings. The van der Waals surface area contributed by atoms with Gasteiger partial charge in [-0.15, -0.1) is 0 Å². The van der Waals surface area contributed by atoms with Crippen LogP contribution in [0.15, 0.2) is 48.5 Å². The lowest BCUT2D eigenvalue weighted by Gasteiger charge is -2.48. The Labute approximate surface area is 215 Å². The van der Waals surface area contributed by atoms with Crippen molar-refractivity contribution in [2.45, 2.75) is 63.5 Å². The zero-order valence-corrected chi connectivity index (χ0v) is 21.7. The van der Waals surface area contributed by atoms with Gasteiger partial charge in [0.25, 0.3) is 5.91 Å². The number of rotatable bonds is 6. The average molecular weight is 490 g/mol. The molecule has 2 amide bonds. The summed E-state index contributed by atoms with van der Waals surface area (Å²) in [6, 6.07) is 15.6. The van der Waals surface area contributed by atoms with Gasteiger partial charge in [-0.3, -0.25) is 14.5 Å². The molecule has 0 unspecified atom stereocenters. The fraction of sp³-hybridized carbons (Fsp3) is 0.533. The minimum Gasteiger partial charge on any atom is -0.497 e. The van der Waals surface area contributed by atoms with Gasteiger partial charge in [0.05, 0.1) is 19.1 Å². The van der Waals surface area contributed by atoms with Crippen LogP contribution in [-0.2, 0) is 4.79 Å². The molecule has 2 aromatic carbocycles. The highest BCUT2D eigenvalue weighted by Gasteiger charge is 2.47. The minimum atomic E-state index is -0.410. The van der Waals surface area contributed by atoms with Crippen molar-refractivity contribution in [3.05, 3.63) is 65.2 Å². The van der Waals surface area contributed by atoms with E-state index in [0.717, 1.165) is 81.7 Å². The van der Waals surface area contributed by atoms with Crippen molar-refractivity contribution >= 4 is 11.8 Å². The SMILES string of the molecule is CCCN1CCN(C(=O)[C@@H]2c3ccccc3C(=O)N(C3CCCCC3)[C@@H]2c2ccc(OC)cc2)CC1. The first-order valence-electron chi connectivity index (χ1n) is 13.7. The highest BCUT2D eigenvalue weighted by Crippen LogP contribution is 2.46. The van der Waals surface area contributed by atoms with Crippen LogP contribution >= 0.6 is 0 Å². The molecule has 2 atom stereocenters. The Morgan fingerprint density at radius 2 is 1.64 bits per heavy atom. The number of ether oxygens (including phenoxy) is 1. The Balaban J connectivity index is 1.57. The van der Waals surface area contributed by atoms with Crippen molar-refractivity contribution in [2.75, 3.05) is 39.8 Å². The molecular formula is C30H39N3O3. The summed E-state index contributed by atoms with van der Waals surface area (Å²) < 4.78 is 5.42. The maximum atomic E-state index is 14.4. The van der Waals surface area contributed by atoms with Gasteiger partial charge in [-0.25, -0.2) is 0 Å². The van der Waals surface area contributed by atoms with Crippen LogP contribution in [0.1, 0.15) is 78.9 Å². The first kappa shape index (κ1) is 24.8. The van der Waals surface area contributed by atoms with Crippen molar-refractivity contribution in [1.29, 1.82) is 0 Å². The van der Waals surface area contributed by atoms with E-state index in [9.17, 15) is 9.59 Å². The monoisotopic (exact) mass is 489 g/mol. The van der Waals surface area contributed by atoms with E-state index in [-0.39, 0.29) is 23.9 Å². The van der Waals surface area contributed by atoms with Crippen LogP contribution in [0, 0.1) is 0 Å². The summed E-state index contributed by atoms with van der Waals surface area (Å²) in [4.78, 5) is 35.0. The second-order valence-electron chi connectivity index (χ2n) is 10.5. The van der Waals surface area contributed by atoms with E-state index in [2.05, 4.69) is 16.7 Å². The van der Waals surface area contributed by atoms with Crippen LogP contribution in [0.5, 0.6) is 5.75 Å². The highest BCUT2D eigenvalue weighted by atomic mass is 16.5. The lowest BCUT2D eigenvalue weighted by atomic mass is 9.77. The molecule has 1 aliphatic carbocycles. The Bertz CT molecular complexity index is 1060. The number of nitrogens with zero attached hydrogens (tertiary/aromatic N) is 3. The fourth-order valence-electron chi connectivity index (χ4n) is 6.44. The normalized spacial score (nSPS) is 23.4. The smallest absolute Gasteiger partial charge is 0.254 e. The Morgan fingerprint density at radius 1 is 0.944 bits per heavy atom. The molecule has 0 aromatic heterocycles. The Morgan fingerprint density at radius 3 is 2.31 bits per heavy atom. The van der Waals surface area contributed by atoms with Crippen molar-refractivity contribution in [3.63, 3.8) is 0 Å². The predicted molar refractivity (Wildman–Crippen MR) is 141 cm³/mol. The lowest BCUT2D eigenvalue weighted by Crippen LogP contribution is -2.55. The molecule has 5 rings (SSSR count). The zero-order chi connectivity index (χ0) is 25.1. The van der Waals surface area contributed by atoms with Gasteiger partial charge in [0, 0.05) is 37.8 Å². The molecule has 192 valence electrons. The van der Waals surface area contributed by atoms with Crippen LogP contribution < -0.4 is 4.74 Å². The molecule has 0 radical (unpaired) electrons. The van der Waals surface area contributed by atoms with E-state index in [1.165, 1.54) is 6.42 Å². The van der Waals surface area contributed by atoms with Crippen LogP contribution in [0.4, 0.5) is 0 Å². The summed E-state index contributed by atoms with van der Waals surface area (Å²) in [7, 11) is 1.66. The zero-order valence-electron chi connectivity index (χ0n) is 21.7. The number of piperazine rings is 1. The van der Waals surface area contributed by atoms with Crippen LogP contribution in [-0.4, -0.2) is 72.4 Å². The van der Waals surface area contributed by atoms with Gasteiger partial charge in [-0.05, 0) is 55.1 Å². The van der Waals surface area contributed by atoms with E-state index in [4.69, 9.17) is 4.74 Å². The molecule has 1 saturated heterocycles. The molecule has 1 saturated carbocycles. The van der Waals surface area contributed by atoms with Gasteiger partial charge in [-0.2, -0.15) is 0 Å². The molecule has 2 heterocycles. The summed E-state index contributed by atoms with van der Waals surface area (Å²) in [5, 5.41) is 0. The van der Waals surface area contributed by atoms with E-state index in [1.54, 1.807) is 7.11 Å². The summed E-state index contributed by atoms with van der Waals surface area (Å²) in [5.74, 6) is 0.579. The maximum absolute atomic E-state index is 14.4. The van der Waals surface area contributed by atoms with Crippen molar-refractivity contribution < 1.29 is 14.3 Å². The first-order chi connectivity index (χ1) is 17.6. The molecule has 0 bridgehead atoms. The number of fused-ring (bicyclic) bond motifs is 1. The minimum absolute atomic E-state index is 0.0649. The number of carbonyl (C=O) groups is 2. The average Bonchev–Trinajstić information content (AvgIpc) is 2.94. The number of amides is 2. The van der Waals surface area contributed by atoms with E-state index >= 15 is 0 Å². The number of hydrogen-bond donors (Lipinski definition) is 0. The number of benzene rings is 2. The third-order valence-corrected chi connectivity index (χ3v) is 8.29. The summed E-state index contributed by atoms with van der Waals surface area (Å²) in [6.07, 6.45) is 6.59. The van der Waals surface area contributed by atoms with E-state index in [1.807, 2.05) is 53.4 Å². The second-order valence-corrected chi connectivity index (χ2v) is 10.5. The molecular weight excluding hydrogens is 450 g/mol. The molecule has 0 spiro atoms. The highest BCUT2D eigenvalue weighted by molar-refractivity contribution is 6.01. The van der Waals surface area contributed by atoms with Crippen LogP contribution in [0.25, 0.3) is 0 Å². The topological polar surface area (TPSA) is 53.1 Å². The number of methoxy groups -OCH3 is 1. The van der Waals surface area contributed by atoms with Gasteiger partial charge >= 0.3 is 0 Å². The molecule has 3 aliphatic rings. The third kappa shape index (κ3) is 4.75. The molecule has 2 aliphatic heterocycles. The van der Waals surface area contributed by atoms with E-state index in [0.29, 0.717) is 5.56 Å². The van der Waals surface area contributed by atoms with Crippen molar-refractivity contribution in [2.24, 2.45) is 0 Å². The second kappa shape index (κ2) is 11.0. The number of hydrogen-bond acceptors (Lipinski definition) is 4. The van der Waals surface area contributed by atoms with Gasteiger partial charge in [-0.1, -0.05) is 56.5 Å². The first-order valence-corrected chi connectivity index (χ1v) is 13.7. The van der Waals surface area contributed by atoms with Crippen molar-refractivity contribution in [1.82, 2.24) is 14.7 Å². The van der Waals surface area contributed by atoms with Crippen LogP contribution in [0.3, 0.4) is 0 Å². The summed E-state index contributed by atoms with van der Waals surface area (Å²) in [6.45, 7) is 6.58. The van der Waals surface area contributed by atoms with Gasteiger partial charge in [0.1, 0.15) is 5.75 Å². The lowest BCUT2D eigenvalue weighted by molar-refractivity contribution is -0.136. The molecule has 6 heteroatoms. The molecule has 2 fully saturated rings. The van der Waals surface area contributed by atoms with Crippen molar-refractivity contribution in [3.8, 4) is 5.75 Å².